The summed E-state index contributed by atoms with van der Waals surface area (Å²) in [7, 11) is 0. The highest BCUT2D eigenvalue weighted by Crippen LogP contribution is 2.10. The Morgan fingerprint density at radius 3 is 2.18 bits per heavy atom. The first-order valence-electron chi connectivity index (χ1n) is 9.28. The standard InChI is InChI=1S/C17H36N4O/c1-3-4-5-6-7-8-9-10-11-12-13-19-17(22)20-21-15-14-18-16(21)2/h16,18H,3-15H2,1-2H3,(H2,19,20,22). The maximum atomic E-state index is 11.7. The molecule has 0 radical (unpaired) electrons. The molecule has 0 aromatic rings. The average Bonchev–Trinajstić information content (AvgIpc) is 2.90. The van der Waals surface area contributed by atoms with Crippen LogP contribution in [0.1, 0.15) is 78.1 Å². The van der Waals surface area contributed by atoms with Crippen molar-refractivity contribution >= 4 is 6.03 Å². The van der Waals surface area contributed by atoms with E-state index in [0.717, 1.165) is 26.1 Å². The monoisotopic (exact) mass is 312 g/mol. The molecule has 2 amide bonds. The molecule has 0 aromatic carbocycles. The molecule has 1 rings (SSSR count). The van der Waals surface area contributed by atoms with E-state index in [9.17, 15) is 4.79 Å². The van der Waals surface area contributed by atoms with E-state index in [-0.39, 0.29) is 12.2 Å². The third-order valence-electron chi connectivity index (χ3n) is 4.32. The fourth-order valence-corrected chi connectivity index (χ4v) is 2.83. The van der Waals surface area contributed by atoms with Gasteiger partial charge in [-0.3, -0.25) is 10.7 Å². The van der Waals surface area contributed by atoms with Crippen molar-refractivity contribution in [2.45, 2.75) is 84.2 Å². The number of hydrogen-bond acceptors (Lipinski definition) is 3. The molecule has 0 bridgehead atoms. The highest BCUT2D eigenvalue weighted by molar-refractivity contribution is 5.73. The second-order valence-electron chi connectivity index (χ2n) is 6.37. The zero-order valence-electron chi connectivity index (χ0n) is 14.6. The number of amides is 2. The molecule has 130 valence electrons. The molecular weight excluding hydrogens is 276 g/mol. The highest BCUT2D eigenvalue weighted by atomic mass is 16.2. The Kier molecular flexibility index (Phi) is 11.1. The van der Waals surface area contributed by atoms with Crippen molar-refractivity contribution in [2.75, 3.05) is 19.6 Å². The van der Waals surface area contributed by atoms with Gasteiger partial charge in [-0.1, -0.05) is 64.7 Å². The van der Waals surface area contributed by atoms with Crippen LogP contribution >= 0.6 is 0 Å². The lowest BCUT2D eigenvalue weighted by atomic mass is 10.1. The number of nitrogens with one attached hydrogen (secondary N) is 3. The van der Waals surface area contributed by atoms with E-state index in [1.165, 1.54) is 57.8 Å². The van der Waals surface area contributed by atoms with Crippen LogP contribution in [0.4, 0.5) is 4.79 Å². The van der Waals surface area contributed by atoms with E-state index in [1.54, 1.807) is 0 Å². The van der Waals surface area contributed by atoms with Crippen molar-refractivity contribution in [1.82, 2.24) is 21.1 Å². The molecule has 0 saturated carbocycles. The van der Waals surface area contributed by atoms with Crippen molar-refractivity contribution in [3.05, 3.63) is 0 Å². The predicted molar refractivity (Wildman–Crippen MR) is 92.5 cm³/mol. The number of carbonyl (C=O) groups is 1. The Bertz CT molecular complexity index is 286. The summed E-state index contributed by atoms with van der Waals surface area (Å²) in [6.07, 6.45) is 13.4. The van der Waals surface area contributed by atoms with Gasteiger partial charge in [0.25, 0.3) is 0 Å². The van der Waals surface area contributed by atoms with E-state index in [2.05, 4.69) is 29.9 Å². The van der Waals surface area contributed by atoms with Gasteiger partial charge < -0.3 is 5.32 Å². The Hall–Kier alpha value is -0.810. The van der Waals surface area contributed by atoms with Crippen LogP contribution in [0.25, 0.3) is 0 Å². The van der Waals surface area contributed by atoms with E-state index in [4.69, 9.17) is 0 Å². The summed E-state index contributed by atoms with van der Waals surface area (Å²) in [5.74, 6) is 0. The number of nitrogens with zero attached hydrogens (tertiary/aromatic N) is 1. The SMILES string of the molecule is CCCCCCCCCCCCNC(=O)NN1CCNC1C. The summed E-state index contributed by atoms with van der Waals surface area (Å²) in [4.78, 5) is 11.7. The van der Waals surface area contributed by atoms with Gasteiger partial charge in [0.15, 0.2) is 0 Å². The first-order valence-corrected chi connectivity index (χ1v) is 9.28. The summed E-state index contributed by atoms with van der Waals surface area (Å²) in [6.45, 7) is 6.89. The smallest absolute Gasteiger partial charge is 0.329 e. The van der Waals surface area contributed by atoms with Gasteiger partial charge in [-0.15, -0.1) is 0 Å². The number of hydrazine groups is 1. The van der Waals surface area contributed by atoms with Crippen molar-refractivity contribution in [3.8, 4) is 0 Å². The number of unbranched alkanes of at least 4 members (excludes halogenated alkanes) is 9. The van der Waals surface area contributed by atoms with Gasteiger partial charge in [-0.05, 0) is 13.3 Å². The first kappa shape index (κ1) is 19.2. The fraction of sp³-hybridized carbons (Fsp3) is 0.941. The van der Waals surface area contributed by atoms with Gasteiger partial charge in [-0.25, -0.2) is 9.80 Å². The topological polar surface area (TPSA) is 56.4 Å². The minimum Gasteiger partial charge on any atom is -0.337 e. The zero-order chi connectivity index (χ0) is 16.0. The quantitative estimate of drug-likeness (QED) is 0.484. The largest absolute Gasteiger partial charge is 0.337 e. The van der Waals surface area contributed by atoms with E-state index >= 15 is 0 Å². The molecule has 1 atom stereocenters. The van der Waals surface area contributed by atoms with Gasteiger partial charge in [-0.2, -0.15) is 0 Å². The fourth-order valence-electron chi connectivity index (χ4n) is 2.83. The summed E-state index contributed by atoms with van der Waals surface area (Å²) < 4.78 is 0. The lowest BCUT2D eigenvalue weighted by molar-refractivity contribution is 0.167. The summed E-state index contributed by atoms with van der Waals surface area (Å²) >= 11 is 0. The molecule has 5 nitrogen and oxygen atoms in total. The molecule has 0 spiro atoms. The van der Waals surface area contributed by atoms with Crippen LogP contribution in [0.3, 0.4) is 0 Å². The van der Waals surface area contributed by atoms with Crippen molar-refractivity contribution in [1.29, 1.82) is 0 Å². The molecule has 1 saturated heterocycles. The van der Waals surface area contributed by atoms with Crippen LogP contribution in [-0.4, -0.2) is 36.8 Å². The van der Waals surface area contributed by atoms with Crippen LogP contribution in [0.5, 0.6) is 0 Å². The van der Waals surface area contributed by atoms with E-state index in [0.29, 0.717) is 0 Å². The summed E-state index contributed by atoms with van der Waals surface area (Å²) in [5, 5.41) is 8.14. The van der Waals surface area contributed by atoms with Crippen LogP contribution in [0, 0.1) is 0 Å². The van der Waals surface area contributed by atoms with Crippen LogP contribution in [0.2, 0.25) is 0 Å². The van der Waals surface area contributed by atoms with Gasteiger partial charge in [0.1, 0.15) is 0 Å². The minimum atomic E-state index is -0.0773. The van der Waals surface area contributed by atoms with Crippen molar-refractivity contribution < 1.29 is 4.79 Å². The Morgan fingerprint density at radius 1 is 1.05 bits per heavy atom. The average molecular weight is 313 g/mol. The summed E-state index contributed by atoms with van der Waals surface area (Å²) in [5.41, 5.74) is 2.88. The first-order chi connectivity index (χ1) is 10.7. The lowest BCUT2D eigenvalue weighted by Crippen LogP contribution is -2.50. The number of carbonyl (C=O) groups excluding carboxylic acids is 1. The molecular formula is C17H36N4O. The van der Waals surface area contributed by atoms with E-state index < -0.39 is 0 Å². The maximum Gasteiger partial charge on any atom is 0.329 e. The molecule has 0 aromatic heterocycles. The Balaban J connectivity index is 1.82. The molecule has 1 fully saturated rings. The molecule has 3 N–H and O–H groups in total. The molecule has 0 aliphatic carbocycles. The second kappa shape index (κ2) is 12.7. The molecule has 1 heterocycles. The second-order valence-corrected chi connectivity index (χ2v) is 6.37. The predicted octanol–water partition coefficient (Wildman–Crippen LogP) is 3.37. The normalized spacial score (nSPS) is 18.5. The summed E-state index contributed by atoms with van der Waals surface area (Å²) in [6, 6.07) is -0.0773. The molecule has 5 heteroatoms. The van der Waals surface area contributed by atoms with Crippen molar-refractivity contribution in [3.63, 3.8) is 0 Å². The Labute approximate surface area is 136 Å². The molecule has 1 aliphatic rings. The third kappa shape index (κ3) is 9.26. The van der Waals surface area contributed by atoms with Gasteiger partial charge in [0, 0.05) is 19.6 Å². The molecule has 22 heavy (non-hydrogen) atoms. The van der Waals surface area contributed by atoms with E-state index in [1.807, 2.05) is 5.01 Å². The highest BCUT2D eigenvalue weighted by Gasteiger charge is 2.20. The maximum absolute atomic E-state index is 11.7. The zero-order valence-corrected chi connectivity index (χ0v) is 14.6. The van der Waals surface area contributed by atoms with Crippen LogP contribution in [0.15, 0.2) is 0 Å². The number of rotatable bonds is 12. The number of urea groups is 1. The molecule has 1 unspecified atom stereocenters. The van der Waals surface area contributed by atoms with Gasteiger partial charge in [0.05, 0.1) is 6.17 Å². The minimum absolute atomic E-state index is 0.0773. The van der Waals surface area contributed by atoms with Crippen molar-refractivity contribution in [2.24, 2.45) is 0 Å². The van der Waals surface area contributed by atoms with Gasteiger partial charge >= 0.3 is 6.03 Å². The van der Waals surface area contributed by atoms with Gasteiger partial charge in [0.2, 0.25) is 0 Å². The van der Waals surface area contributed by atoms with Crippen LogP contribution < -0.4 is 16.1 Å². The lowest BCUT2D eigenvalue weighted by Gasteiger charge is -2.21. The number of hydrogen-bond donors (Lipinski definition) is 3. The van der Waals surface area contributed by atoms with Crippen LogP contribution in [-0.2, 0) is 0 Å². The Morgan fingerprint density at radius 2 is 1.64 bits per heavy atom. The molecule has 1 aliphatic heterocycles. The third-order valence-corrected chi connectivity index (χ3v) is 4.32.